The molecule has 8 heteroatoms. The Morgan fingerprint density at radius 1 is 1.29 bits per heavy atom. The van der Waals surface area contributed by atoms with E-state index in [1.807, 2.05) is 0 Å². The Morgan fingerprint density at radius 3 is 2.57 bits per heavy atom. The molecule has 21 heavy (non-hydrogen) atoms. The summed E-state index contributed by atoms with van der Waals surface area (Å²) in [6.45, 7) is 0. The maximum atomic E-state index is 12.9. The lowest BCUT2D eigenvalue weighted by Crippen LogP contribution is -2.36. The summed E-state index contributed by atoms with van der Waals surface area (Å²) in [5.41, 5.74) is 2.58. The molecule has 2 aliphatic heterocycles. The minimum atomic E-state index is -1.02. The Hall–Kier alpha value is -2.77. The Balaban J connectivity index is 1.95. The molecule has 0 radical (unpaired) electrons. The molecule has 2 amide bonds. The normalized spacial score (nSPS) is 23.7. The number of carbonyl (C=O) groups excluding carboxylic acids is 3. The van der Waals surface area contributed by atoms with Crippen molar-refractivity contribution in [3.8, 4) is 0 Å². The summed E-state index contributed by atoms with van der Waals surface area (Å²) >= 11 is 0. The molecule has 0 spiro atoms. The van der Waals surface area contributed by atoms with Gasteiger partial charge in [-0.25, -0.2) is 14.1 Å². The first-order valence-electron chi connectivity index (χ1n) is 6.09. The average Bonchev–Trinajstić information content (AvgIpc) is 3.01. The molecular formula is C13H10FN3O4. The highest BCUT2D eigenvalue weighted by Crippen LogP contribution is 2.30. The van der Waals surface area contributed by atoms with Crippen molar-refractivity contribution >= 4 is 29.2 Å². The molecule has 1 N–H and O–H groups in total. The van der Waals surface area contributed by atoms with Crippen LogP contribution in [-0.2, 0) is 19.1 Å². The van der Waals surface area contributed by atoms with E-state index in [-0.39, 0.29) is 11.4 Å². The van der Waals surface area contributed by atoms with Crippen molar-refractivity contribution in [3.05, 3.63) is 30.1 Å². The minimum Gasteiger partial charge on any atom is -0.464 e. The van der Waals surface area contributed by atoms with Crippen molar-refractivity contribution in [1.82, 2.24) is 5.43 Å². The molecule has 2 aliphatic rings. The fraction of sp³-hybridized carbons (Fsp3) is 0.231. The van der Waals surface area contributed by atoms with Crippen molar-refractivity contribution in [2.45, 2.75) is 6.04 Å². The molecule has 2 heterocycles. The first-order valence-corrected chi connectivity index (χ1v) is 6.09. The standard InChI is InChI=1S/C13H10FN3O4/c1-21-13(20)10-8-9(15-16-10)12(19)17(11(8)18)7-4-2-6(14)3-5-7/h2-5,8-9,15H,1H3/t8-,9+/m0/s1. The lowest BCUT2D eigenvalue weighted by atomic mass is 9.99. The third-order valence-corrected chi connectivity index (χ3v) is 3.40. The molecule has 108 valence electrons. The number of halogens is 1. The predicted octanol–water partition coefficient (Wildman–Crippen LogP) is -0.184. The van der Waals surface area contributed by atoms with Crippen LogP contribution < -0.4 is 10.3 Å². The number of benzene rings is 1. The average molecular weight is 291 g/mol. The summed E-state index contributed by atoms with van der Waals surface area (Å²) in [6.07, 6.45) is 0. The minimum absolute atomic E-state index is 0.134. The van der Waals surface area contributed by atoms with Crippen LogP contribution in [0.25, 0.3) is 0 Å². The summed E-state index contributed by atoms with van der Waals surface area (Å²) in [5, 5.41) is 3.70. The number of ether oxygens (including phenoxy) is 1. The van der Waals surface area contributed by atoms with Crippen LogP contribution in [0.15, 0.2) is 29.4 Å². The Labute approximate surface area is 118 Å². The highest BCUT2D eigenvalue weighted by molar-refractivity contribution is 6.46. The van der Waals surface area contributed by atoms with E-state index in [4.69, 9.17) is 0 Å². The molecular weight excluding hydrogens is 281 g/mol. The number of esters is 1. The van der Waals surface area contributed by atoms with Crippen LogP contribution in [0.5, 0.6) is 0 Å². The quantitative estimate of drug-likeness (QED) is 0.603. The Kier molecular flexibility index (Phi) is 2.93. The van der Waals surface area contributed by atoms with Gasteiger partial charge in [0.2, 0.25) is 5.91 Å². The molecule has 0 aromatic heterocycles. The number of hydrogen-bond donors (Lipinski definition) is 1. The molecule has 3 rings (SSSR count). The number of nitrogens with zero attached hydrogens (tertiary/aromatic N) is 2. The zero-order valence-corrected chi connectivity index (χ0v) is 10.9. The van der Waals surface area contributed by atoms with Gasteiger partial charge in [0.05, 0.1) is 12.8 Å². The van der Waals surface area contributed by atoms with Crippen LogP contribution in [0.4, 0.5) is 10.1 Å². The summed E-state index contributed by atoms with van der Waals surface area (Å²) in [4.78, 5) is 37.1. The largest absolute Gasteiger partial charge is 0.464 e. The fourth-order valence-electron chi connectivity index (χ4n) is 2.41. The highest BCUT2D eigenvalue weighted by Gasteiger charge is 2.55. The van der Waals surface area contributed by atoms with E-state index in [2.05, 4.69) is 15.3 Å². The smallest absolute Gasteiger partial charge is 0.355 e. The number of hydrogen-bond acceptors (Lipinski definition) is 6. The van der Waals surface area contributed by atoms with Crippen LogP contribution in [-0.4, -0.2) is 36.6 Å². The highest BCUT2D eigenvalue weighted by atomic mass is 19.1. The molecule has 7 nitrogen and oxygen atoms in total. The lowest BCUT2D eigenvalue weighted by molar-refractivity contribution is -0.133. The van der Waals surface area contributed by atoms with E-state index < -0.39 is 35.6 Å². The number of nitrogens with one attached hydrogen (secondary N) is 1. The zero-order valence-electron chi connectivity index (χ0n) is 10.9. The van der Waals surface area contributed by atoms with Gasteiger partial charge in [0.15, 0.2) is 5.71 Å². The van der Waals surface area contributed by atoms with Gasteiger partial charge >= 0.3 is 5.97 Å². The van der Waals surface area contributed by atoms with E-state index in [0.29, 0.717) is 0 Å². The predicted molar refractivity (Wildman–Crippen MR) is 68.8 cm³/mol. The van der Waals surface area contributed by atoms with Crippen LogP contribution >= 0.6 is 0 Å². The number of imide groups is 1. The van der Waals surface area contributed by atoms with Crippen molar-refractivity contribution < 1.29 is 23.5 Å². The molecule has 2 atom stereocenters. The zero-order chi connectivity index (χ0) is 15.1. The van der Waals surface area contributed by atoms with Gasteiger partial charge < -0.3 is 4.74 Å². The van der Waals surface area contributed by atoms with Gasteiger partial charge in [-0.15, -0.1) is 0 Å². The van der Waals surface area contributed by atoms with Crippen LogP contribution in [0.3, 0.4) is 0 Å². The SMILES string of the molecule is COC(=O)C1=NN[C@H]2C(=O)N(c3ccc(F)cc3)C(=O)[C@H]12. The van der Waals surface area contributed by atoms with Crippen molar-refractivity contribution in [2.24, 2.45) is 11.0 Å². The third kappa shape index (κ3) is 1.87. The maximum Gasteiger partial charge on any atom is 0.355 e. The van der Waals surface area contributed by atoms with Gasteiger partial charge in [0, 0.05) is 0 Å². The van der Waals surface area contributed by atoms with Crippen molar-refractivity contribution in [3.63, 3.8) is 0 Å². The monoisotopic (exact) mass is 291 g/mol. The molecule has 0 bridgehead atoms. The maximum absolute atomic E-state index is 12.9. The topological polar surface area (TPSA) is 88.1 Å². The van der Waals surface area contributed by atoms with Gasteiger partial charge in [0.1, 0.15) is 17.8 Å². The van der Waals surface area contributed by atoms with Crippen LogP contribution in [0, 0.1) is 11.7 Å². The summed E-state index contributed by atoms with van der Waals surface area (Å²) in [7, 11) is 1.16. The van der Waals surface area contributed by atoms with Gasteiger partial charge in [-0.3, -0.25) is 15.0 Å². The molecule has 0 saturated carbocycles. The number of fused-ring (bicyclic) bond motifs is 1. The van der Waals surface area contributed by atoms with Gasteiger partial charge in [-0.05, 0) is 24.3 Å². The fourth-order valence-corrected chi connectivity index (χ4v) is 2.41. The number of anilines is 1. The number of hydrazone groups is 1. The van der Waals surface area contributed by atoms with Crippen molar-refractivity contribution in [2.75, 3.05) is 12.0 Å². The summed E-state index contributed by atoms with van der Waals surface area (Å²) in [5.74, 6) is -3.40. The first-order chi connectivity index (χ1) is 10.0. The van der Waals surface area contributed by atoms with Gasteiger partial charge in [0.25, 0.3) is 5.91 Å². The molecule has 1 fully saturated rings. The second kappa shape index (κ2) is 4.65. The summed E-state index contributed by atoms with van der Waals surface area (Å²) in [6, 6.07) is 4.00. The van der Waals surface area contributed by atoms with E-state index in [9.17, 15) is 18.8 Å². The number of amides is 2. The van der Waals surface area contributed by atoms with Gasteiger partial charge in [-0.2, -0.15) is 5.10 Å². The van der Waals surface area contributed by atoms with Crippen molar-refractivity contribution in [1.29, 1.82) is 0 Å². The molecule has 1 aromatic rings. The molecule has 0 aliphatic carbocycles. The number of methoxy groups -OCH3 is 1. The molecule has 1 aromatic carbocycles. The van der Waals surface area contributed by atoms with Crippen LogP contribution in [0.1, 0.15) is 0 Å². The van der Waals surface area contributed by atoms with E-state index in [0.717, 1.165) is 24.1 Å². The van der Waals surface area contributed by atoms with E-state index in [1.54, 1.807) is 0 Å². The van der Waals surface area contributed by atoms with E-state index in [1.165, 1.54) is 12.1 Å². The number of rotatable bonds is 2. The Morgan fingerprint density at radius 2 is 1.95 bits per heavy atom. The first kappa shape index (κ1) is 13.2. The molecule has 0 unspecified atom stereocenters. The van der Waals surface area contributed by atoms with E-state index >= 15 is 0 Å². The number of carbonyl (C=O) groups is 3. The summed E-state index contributed by atoms with van der Waals surface area (Å²) < 4.78 is 17.5. The Bertz CT molecular complexity index is 670. The second-order valence-corrected chi connectivity index (χ2v) is 4.56. The lowest BCUT2D eigenvalue weighted by Gasteiger charge is -2.15. The molecule has 1 saturated heterocycles. The van der Waals surface area contributed by atoms with Crippen LogP contribution in [0.2, 0.25) is 0 Å². The second-order valence-electron chi connectivity index (χ2n) is 4.56. The van der Waals surface area contributed by atoms with Gasteiger partial charge in [-0.1, -0.05) is 0 Å². The third-order valence-electron chi connectivity index (χ3n) is 3.40.